The summed E-state index contributed by atoms with van der Waals surface area (Å²) in [5.74, 6) is -0.160. The maximum atomic E-state index is 13.6. The lowest BCUT2D eigenvalue weighted by Crippen LogP contribution is -2.36. The van der Waals surface area contributed by atoms with E-state index in [-0.39, 0.29) is 17.8 Å². The van der Waals surface area contributed by atoms with Gasteiger partial charge in [-0.25, -0.2) is 4.68 Å². The molecule has 1 aromatic carbocycles. The number of hydrogen-bond acceptors (Lipinski definition) is 4. The van der Waals surface area contributed by atoms with E-state index in [9.17, 15) is 18.0 Å². The van der Waals surface area contributed by atoms with Gasteiger partial charge in [0.2, 0.25) is 0 Å². The van der Waals surface area contributed by atoms with Crippen molar-refractivity contribution in [2.24, 2.45) is 0 Å². The third kappa shape index (κ3) is 3.35. The minimum absolute atomic E-state index is 0.0140. The van der Waals surface area contributed by atoms with E-state index in [0.29, 0.717) is 11.4 Å². The van der Waals surface area contributed by atoms with Gasteiger partial charge in [-0.3, -0.25) is 4.79 Å². The highest BCUT2D eigenvalue weighted by Crippen LogP contribution is 2.44. The molecule has 3 aromatic rings. The topological polar surface area (TPSA) is 72.1 Å². The molecule has 6 nitrogen and oxygen atoms in total. The average molecular weight is 390 g/mol. The van der Waals surface area contributed by atoms with Gasteiger partial charge < -0.3 is 15.1 Å². The Bertz CT molecular complexity index is 995. The number of carbonyl (C=O) groups is 1. The summed E-state index contributed by atoms with van der Waals surface area (Å²) in [5.41, 5.74) is 1.53. The summed E-state index contributed by atoms with van der Waals surface area (Å²) >= 11 is 0. The maximum Gasteiger partial charge on any atom is 0.410 e. The van der Waals surface area contributed by atoms with Gasteiger partial charge in [-0.05, 0) is 36.8 Å². The van der Waals surface area contributed by atoms with Gasteiger partial charge >= 0.3 is 6.18 Å². The first-order chi connectivity index (χ1) is 13.3. The van der Waals surface area contributed by atoms with Gasteiger partial charge in [0.15, 0.2) is 6.04 Å². The molecule has 0 unspecified atom stereocenters. The van der Waals surface area contributed by atoms with Crippen LogP contribution in [0.2, 0.25) is 0 Å². The Morgan fingerprint density at radius 2 is 2.14 bits per heavy atom. The summed E-state index contributed by atoms with van der Waals surface area (Å²) in [6, 6.07) is 7.75. The van der Waals surface area contributed by atoms with E-state index >= 15 is 0 Å². The Labute approximate surface area is 158 Å². The molecule has 0 fully saturated rings. The minimum Gasteiger partial charge on any atom is -0.467 e. The molecule has 0 saturated carbocycles. The zero-order valence-electron chi connectivity index (χ0n) is 14.8. The third-order valence-electron chi connectivity index (χ3n) is 4.65. The van der Waals surface area contributed by atoms with E-state index in [1.54, 1.807) is 30.3 Å². The molecule has 0 radical (unpaired) electrons. The molecule has 0 saturated heterocycles. The van der Waals surface area contributed by atoms with Crippen LogP contribution in [0.5, 0.6) is 0 Å². The number of alkyl halides is 3. The molecule has 0 aliphatic carbocycles. The number of anilines is 2. The van der Waals surface area contributed by atoms with Gasteiger partial charge in [0.25, 0.3) is 5.91 Å². The Morgan fingerprint density at radius 1 is 1.32 bits per heavy atom. The quantitative estimate of drug-likeness (QED) is 0.680. The number of hydrogen-bond donors (Lipinski definition) is 2. The number of aromatic nitrogens is 2. The molecule has 0 bridgehead atoms. The molecule has 146 valence electrons. The van der Waals surface area contributed by atoms with Crippen molar-refractivity contribution >= 4 is 17.4 Å². The molecule has 2 aromatic heterocycles. The van der Waals surface area contributed by atoms with Crippen LogP contribution in [0.25, 0.3) is 0 Å². The molecule has 28 heavy (non-hydrogen) atoms. The molecule has 2 N–H and O–H groups in total. The highest BCUT2D eigenvalue weighted by atomic mass is 19.4. The molecule has 1 aliphatic heterocycles. The number of amides is 1. The number of nitrogens with one attached hydrogen (secondary N) is 2. The number of halogens is 3. The molecule has 1 aliphatic rings. The van der Waals surface area contributed by atoms with Crippen LogP contribution in [-0.2, 0) is 0 Å². The minimum atomic E-state index is -4.52. The number of furan rings is 1. The van der Waals surface area contributed by atoms with E-state index in [1.807, 2.05) is 13.0 Å². The Balaban J connectivity index is 1.68. The first-order valence-electron chi connectivity index (χ1n) is 8.65. The standard InChI is InChI=1S/C19H17F3N4O2/c1-11-4-2-5-12(8-11)24-18(27)13-10-23-26-16(19(20,21)22)9-14(25-17(13)26)15-6-3-7-28-15/h2-8,10,14,16,25H,9H2,1H3,(H,24,27)/t14-,16+/m1/s1. The molecular formula is C19H17F3N4O2. The smallest absolute Gasteiger partial charge is 0.410 e. The second kappa shape index (κ2) is 6.74. The zero-order valence-corrected chi connectivity index (χ0v) is 14.8. The molecule has 1 amide bonds. The summed E-state index contributed by atoms with van der Waals surface area (Å²) in [6.45, 7) is 1.88. The predicted molar refractivity (Wildman–Crippen MR) is 96.1 cm³/mol. The lowest BCUT2D eigenvalue weighted by molar-refractivity contribution is -0.174. The molecule has 3 heterocycles. The van der Waals surface area contributed by atoms with Crippen molar-refractivity contribution in [1.29, 1.82) is 0 Å². The predicted octanol–water partition coefficient (Wildman–Crippen LogP) is 4.70. The Morgan fingerprint density at radius 3 is 2.82 bits per heavy atom. The largest absolute Gasteiger partial charge is 0.467 e. The van der Waals surface area contributed by atoms with Crippen molar-refractivity contribution in [3.05, 3.63) is 65.7 Å². The SMILES string of the molecule is Cc1cccc(NC(=O)c2cnn3c2N[C@@H](c2ccco2)C[C@H]3C(F)(F)F)c1. The highest BCUT2D eigenvalue weighted by molar-refractivity contribution is 6.07. The summed E-state index contributed by atoms with van der Waals surface area (Å²) < 4.78 is 46.9. The second-order valence-corrected chi connectivity index (χ2v) is 6.68. The van der Waals surface area contributed by atoms with E-state index < -0.39 is 24.2 Å². The fraction of sp³-hybridized carbons (Fsp3) is 0.263. The molecule has 9 heteroatoms. The van der Waals surface area contributed by atoms with E-state index in [4.69, 9.17) is 4.42 Å². The van der Waals surface area contributed by atoms with E-state index in [1.165, 1.54) is 6.26 Å². The van der Waals surface area contributed by atoms with Crippen LogP contribution in [0.3, 0.4) is 0 Å². The van der Waals surface area contributed by atoms with Crippen LogP contribution in [0, 0.1) is 6.92 Å². The monoisotopic (exact) mass is 390 g/mol. The number of aryl methyl sites for hydroxylation is 1. The summed E-state index contributed by atoms with van der Waals surface area (Å²) in [6.07, 6.45) is -2.25. The van der Waals surface area contributed by atoms with Crippen molar-refractivity contribution < 1.29 is 22.4 Å². The van der Waals surface area contributed by atoms with Crippen LogP contribution in [0.1, 0.15) is 40.2 Å². The first-order valence-corrected chi connectivity index (χ1v) is 8.65. The lowest BCUT2D eigenvalue weighted by Gasteiger charge is -2.32. The molecule has 4 rings (SSSR count). The fourth-order valence-electron chi connectivity index (χ4n) is 3.33. The van der Waals surface area contributed by atoms with Gasteiger partial charge in [-0.1, -0.05) is 12.1 Å². The lowest BCUT2D eigenvalue weighted by atomic mass is 10.0. The zero-order chi connectivity index (χ0) is 19.9. The third-order valence-corrected chi connectivity index (χ3v) is 4.65. The van der Waals surface area contributed by atoms with E-state index in [0.717, 1.165) is 16.4 Å². The Kier molecular flexibility index (Phi) is 4.37. The highest BCUT2D eigenvalue weighted by Gasteiger charge is 2.47. The number of fused-ring (bicyclic) bond motifs is 1. The van der Waals surface area contributed by atoms with Crippen molar-refractivity contribution in [3.8, 4) is 0 Å². The fourth-order valence-corrected chi connectivity index (χ4v) is 3.33. The van der Waals surface area contributed by atoms with Gasteiger partial charge in [0, 0.05) is 12.1 Å². The average Bonchev–Trinajstić information content (AvgIpc) is 3.29. The first kappa shape index (κ1) is 18.1. The number of nitrogens with zero attached hydrogens (tertiary/aromatic N) is 2. The van der Waals surface area contributed by atoms with Crippen LogP contribution >= 0.6 is 0 Å². The normalized spacial score (nSPS) is 19.0. The Hall–Kier alpha value is -3.23. The van der Waals surface area contributed by atoms with Gasteiger partial charge in [-0.2, -0.15) is 18.3 Å². The molecule has 2 atom stereocenters. The molecular weight excluding hydrogens is 373 g/mol. The number of carbonyl (C=O) groups excluding carboxylic acids is 1. The summed E-state index contributed by atoms with van der Waals surface area (Å²) in [5, 5.41) is 9.52. The number of rotatable bonds is 3. The van der Waals surface area contributed by atoms with Crippen LogP contribution in [0.4, 0.5) is 24.7 Å². The van der Waals surface area contributed by atoms with Crippen LogP contribution < -0.4 is 10.6 Å². The van der Waals surface area contributed by atoms with Crippen LogP contribution in [0.15, 0.2) is 53.3 Å². The van der Waals surface area contributed by atoms with Crippen molar-refractivity contribution in [1.82, 2.24) is 9.78 Å². The molecule has 0 spiro atoms. The van der Waals surface area contributed by atoms with Gasteiger partial charge in [0.05, 0.1) is 18.5 Å². The van der Waals surface area contributed by atoms with Crippen molar-refractivity contribution in [2.45, 2.75) is 31.6 Å². The second-order valence-electron chi connectivity index (χ2n) is 6.68. The van der Waals surface area contributed by atoms with Crippen molar-refractivity contribution in [3.63, 3.8) is 0 Å². The summed E-state index contributed by atoms with van der Waals surface area (Å²) in [4.78, 5) is 12.7. The number of benzene rings is 1. The van der Waals surface area contributed by atoms with E-state index in [2.05, 4.69) is 15.7 Å². The summed E-state index contributed by atoms with van der Waals surface area (Å²) in [7, 11) is 0. The maximum absolute atomic E-state index is 13.6. The van der Waals surface area contributed by atoms with Gasteiger partial charge in [0.1, 0.15) is 17.1 Å². The van der Waals surface area contributed by atoms with Crippen LogP contribution in [-0.4, -0.2) is 21.9 Å². The van der Waals surface area contributed by atoms with Crippen molar-refractivity contribution in [2.75, 3.05) is 10.6 Å². The van der Waals surface area contributed by atoms with Gasteiger partial charge in [-0.15, -0.1) is 0 Å².